The van der Waals surface area contributed by atoms with Crippen molar-refractivity contribution < 1.29 is 0 Å². The summed E-state index contributed by atoms with van der Waals surface area (Å²) in [7, 11) is 0. The van der Waals surface area contributed by atoms with Crippen molar-refractivity contribution in [3.63, 3.8) is 0 Å². The summed E-state index contributed by atoms with van der Waals surface area (Å²) < 4.78 is 2.94. The fourth-order valence-electron chi connectivity index (χ4n) is 11.3. The molecule has 0 aliphatic carbocycles. The Hall–Kier alpha value is -6.94. The Labute approximate surface area is 354 Å². The zero-order valence-electron chi connectivity index (χ0n) is 36.0. The van der Waals surface area contributed by atoms with E-state index in [-0.39, 0.29) is 58.0 Å². The average Bonchev–Trinajstić information content (AvgIpc) is 3.52. The highest BCUT2D eigenvalue weighted by Crippen LogP contribution is 2.50. The molecule has 7 aromatic carbocycles. The van der Waals surface area contributed by atoms with Crippen molar-refractivity contribution in [3.8, 4) is 22.8 Å². The van der Waals surface area contributed by atoms with Gasteiger partial charge in [0.2, 0.25) is 0 Å². The molecule has 4 aromatic heterocycles. The number of benzene rings is 7. The molecule has 308 valence electrons. The van der Waals surface area contributed by atoms with E-state index in [0.717, 1.165) is 32.7 Å². The molecule has 0 bridgehead atoms. The Morgan fingerprint density at radius 3 is 1.05 bits per heavy atom. The van der Waals surface area contributed by atoms with E-state index in [1.807, 2.05) is 140 Å². The smallest absolute Gasteiger partial charge is 0.261 e. The van der Waals surface area contributed by atoms with E-state index >= 15 is 19.2 Å². The molecule has 62 heavy (non-hydrogen) atoms. The lowest BCUT2D eigenvalue weighted by Crippen LogP contribution is -2.40. The first-order valence-corrected chi connectivity index (χ1v) is 21.7. The van der Waals surface area contributed by atoms with Crippen molar-refractivity contribution in [2.45, 2.75) is 67.5 Å². The summed E-state index contributed by atoms with van der Waals surface area (Å²) in [5, 5.41) is 7.13. The molecule has 0 aliphatic heterocycles. The molecule has 0 saturated carbocycles. The minimum absolute atomic E-state index is 0.00317. The van der Waals surface area contributed by atoms with E-state index in [2.05, 4.69) is 9.97 Å². The highest BCUT2D eigenvalue weighted by Gasteiger charge is 2.33. The normalized spacial score (nSPS) is 13.0. The van der Waals surface area contributed by atoms with E-state index in [1.165, 1.54) is 9.13 Å². The fraction of sp³-hybridized carbons (Fsp3) is 0.269. The van der Waals surface area contributed by atoms with Gasteiger partial charge in [0.05, 0.1) is 32.6 Å². The fourth-order valence-corrected chi connectivity index (χ4v) is 11.3. The number of hydrogen-bond donors (Lipinski definition) is 2. The molecule has 0 unspecified atom stereocenters. The number of H-pyrrole nitrogens is 2. The monoisotopic (exact) mass is 818 g/mol. The molecule has 10 nitrogen and oxygen atoms in total. The molecule has 0 aliphatic rings. The van der Waals surface area contributed by atoms with E-state index in [0.29, 0.717) is 76.8 Å². The predicted octanol–water partition coefficient (Wildman–Crippen LogP) is 10.8. The van der Waals surface area contributed by atoms with Gasteiger partial charge in [0, 0.05) is 77.3 Å². The molecule has 11 rings (SSSR count). The molecule has 2 N–H and O–H groups in total. The topological polar surface area (TPSA) is 136 Å². The summed E-state index contributed by atoms with van der Waals surface area (Å²) >= 11 is 0. The Bertz CT molecular complexity index is 3410. The first kappa shape index (κ1) is 38.0. The first-order valence-electron chi connectivity index (χ1n) is 21.7. The van der Waals surface area contributed by atoms with Crippen LogP contribution < -0.4 is 22.2 Å². The summed E-state index contributed by atoms with van der Waals surface area (Å²) in [6.45, 7) is 16.4. The number of aromatic amines is 2. The molecule has 11 aromatic rings. The van der Waals surface area contributed by atoms with Gasteiger partial charge in [-0.25, -0.2) is 9.97 Å². The maximum absolute atomic E-state index is 15.1. The van der Waals surface area contributed by atoms with Crippen LogP contribution in [0.1, 0.15) is 67.5 Å². The lowest BCUT2D eigenvalue weighted by molar-refractivity contribution is 0.277. The quantitative estimate of drug-likeness (QED) is 0.116. The second-order valence-electron chi connectivity index (χ2n) is 18.7. The Morgan fingerprint density at radius 2 is 0.726 bits per heavy atom. The minimum atomic E-state index is -0.362. The molecule has 0 spiro atoms. The number of nitrogens with one attached hydrogen (secondary N) is 2. The zero-order chi connectivity index (χ0) is 43.2. The van der Waals surface area contributed by atoms with Crippen LogP contribution in [0.3, 0.4) is 0 Å². The molecule has 0 fully saturated rings. The van der Waals surface area contributed by atoms with Gasteiger partial charge < -0.3 is 9.97 Å². The van der Waals surface area contributed by atoms with Crippen LogP contribution in [0.15, 0.2) is 104 Å². The second kappa shape index (κ2) is 13.3. The lowest BCUT2D eigenvalue weighted by Gasteiger charge is -2.28. The van der Waals surface area contributed by atoms with Crippen molar-refractivity contribution in [3.05, 3.63) is 126 Å². The third-order valence-electron chi connectivity index (χ3n) is 13.5. The van der Waals surface area contributed by atoms with E-state index in [4.69, 9.17) is 9.97 Å². The van der Waals surface area contributed by atoms with E-state index in [1.54, 1.807) is 0 Å². The highest BCUT2D eigenvalue weighted by atomic mass is 16.2. The lowest BCUT2D eigenvalue weighted by atomic mass is 9.84. The number of nitrogens with zero attached hydrogens (tertiary/aromatic N) is 4. The van der Waals surface area contributed by atoms with Gasteiger partial charge in [-0.2, -0.15) is 0 Å². The number of rotatable bonds is 8. The SMILES string of the molecule is CC(C)C(C(C)C)n1c(=O)c2cc3nc(-c4ccccc4)[nH]c4cc5c(=O)n(C(C(C)C)C(C)C)c(=O)c6cc7nc(-c8ccccc8)[nH]c8cc(c1=O)c2c1c3c4c(c65)c7c81. The number of hydrogen-bond acceptors (Lipinski definition) is 6. The summed E-state index contributed by atoms with van der Waals surface area (Å²) in [4.78, 5) is 78.6. The van der Waals surface area contributed by atoms with Crippen LogP contribution >= 0.6 is 0 Å². The van der Waals surface area contributed by atoms with Crippen LogP contribution in [-0.2, 0) is 0 Å². The van der Waals surface area contributed by atoms with Gasteiger partial charge in [0.1, 0.15) is 11.6 Å². The summed E-state index contributed by atoms with van der Waals surface area (Å²) in [5.41, 5.74) is 2.56. The Balaban J connectivity index is 1.50. The second-order valence-corrected chi connectivity index (χ2v) is 18.7. The number of aromatic nitrogens is 6. The van der Waals surface area contributed by atoms with Crippen LogP contribution in [-0.4, -0.2) is 29.1 Å². The standard InChI is InChI=1S/C52H46N6O4/c1-23(2)45(24(3)4)57-49(59)29-19-33-39-41-35(55-47(53-33)27-15-11-9-12-16-27)21-31-38-32(52(62)58(51(31)61)46(25(5)6)26(7)8)22-36-42(44(38)41)40-34(20-30(50(57)60)37(29)43(39)40)54-48(56-36)28-17-13-10-14-18-28/h9-26,45-46H,1-8H3,(H,53,55)(H,54,56). The van der Waals surface area contributed by atoms with Crippen LogP contribution in [0.4, 0.5) is 0 Å². The molecule has 0 atom stereocenters. The summed E-state index contributed by atoms with van der Waals surface area (Å²) in [6.07, 6.45) is 0. The maximum atomic E-state index is 15.1. The van der Waals surface area contributed by atoms with Crippen molar-refractivity contribution in [2.75, 3.05) is 0 Å². The van der Waals surface area contributed by atoms with Crippen LogP contribution in [0.2, 0.25) is 0 Å². The third-order valence-corrected chi connectivity index (χ3v) is 13.5. The van der Waals surface area contributed by atoms with Crippen LogP contribution in [0, 0.1) is 23.7 Å². The van der Waals surface area contributed by atoms with Gasteiger partial charge in [0.25, 0.3) is 22.2 Å². The molecule has 0 amide bonds. The Morgan fingerprint density at radius 1 is 0.403 bits per heavy atom. The van der Waals surface area contributed by atoms with Crippen molar-refractivity contribution in [1.29, 1.82) is 0 Å². The van der Waals surface area contributed by atoms with Crippen LogP contribution in [0.5, 0.6) is 0 Å². The Kier molecular flexibility index (Phi) is 8.14. The van der Waals surface area contributed by atoms with Gasteiger partial charge in [-0.15, -0.1) is 0 Å². The molecule has 0 saturated heterocycles. The van der Waals surface area contributed by atoms with Gasteiger partial charge in [-0.3, -0.25) is 28.3 Å². The van der Waals surface area contributed by atoms with Crippen molar-refractivity contribution in [2.24, 2.45) is 23.7 Å². The van der Waals surface area contributed by atoms with Gasteiger partial charge in [0.15, 0.2) is 0 Å². The minimum Gasteiger partial charge on any atom is -0.339 e. The number of pyridine rings is 2. The van der Waals surface area contributed by atoms with E-state index < -0.39 is 0 Å². The van der Waals surface area contributed by atoms with Gasteiger partial charge in [-0.1, -0.05) is 116 Å². The molecule has 4 heterocycles. The molecule has 0 radical (unpaired) electrons. The molecular weight excluding hydrogens is 773 g/mol. The van der Waals surface area contributed by atoms with Gasteiger partial charge >= 0.3 is 0 Å². The average molecular weight is 819 g/mol. The largest absolute Gasteiger partial charge is 0.339 e. The maximum Gasteiger partial charge on any atom is 0.261 e. The first-order chi connectivity index (χ1) is 29.8. The van der Waals surface area contributed by atoms with Gasteiger partial charge in [-0.05, 0) is 47.9 Å². The molecule has 10 heteroatoms. The van der Waals surface area contributed by atoms with E-state index in [9.17, 15) is 0 Å². The van der Waals surface area contributed by atoms with Crippen LogP contribution in [0.25, 0.3) is 109 Å². The summed E-state index contributed by atoms with van der Waals surface area (Å²) in [5.74, 6) is 1.06. The summed E-state index contributed by atoms with van der Waals surface area (Å²) in [6, 6.07) is 26.3. The van der Waals surface area contributed by atoms with Crippen molar-refractivity contribution >= 4 is 86.7 Å². The van der Waals surface area contributed by atoms with Crippen molar-refractivity contribution in [1.82, 2.24) is 29.1 Å². The third kappa shape index (κ3) is 5.03. The zero-order valence-corrected chi connectivity index (χ0v) is 36.0. The highest BCUT2D eigenvalue weighted by molar-refractivity contribution is 6.48. The molecular formula is C52H46N6O4. The predicted molar refractivity (Wildman–Crippen MR) is 254 cm³/mol.